The van der Waals surface area contributed by atoms with Crippen LogP contribution < -0.4 is 97.8 Å². The van der Waals surface area contributed by atoms with E-state index in [0.29, 0.717) is 79.0 Å². The van der Waals surface area contributed by atoms with Crippen LogP contribution in [-0.2, 0) is 48.6 Å². The number of nitrogens with two attached hydrogens (primary N) is 4. The number of aryl methyl sites for hydroxylation is 3. The fraction of sp³-hybridized carbons (Fsp3) is 0.370. The summed E-state index contributed by atoms with van der Waals surface area (Å²) in [6, 6.07) is 80.3. The van der Waals surface area contributed by atoms with Crippen LogP contribution in [-0.4, -0.2) is 163 Å². The van der Waals surface area contributed by atoms with Crippen LogP contribution in [0.5, 0.6) is 17.2 Å². The van der Waals surface area contributed by atoms with Crippen molar-refractivity contribution in [2.45, 2.75) is 209 Å². The molecule has 3 atom stereocenters. The Morgan fingerprint density at radius 1 is 0.409 bits per heavy atom. The summed E-state index contributed by atoms with van der Waals surface area (Å²) < 4.78 is 47.7. The molecule has 9 aromatic carbocycles. The largest absolute Gasteiger partial charge is 1.00 e. The molecule has 3 aromatic heterocycles. The molecule has 29 heteroatoms. The summed E-state index contributed by atoms with van der Waals surface area (Å²) in [5.41, 5.74) is 33.2. The molecule has 0 bridgehead atoms. The second-order valence-corrected chi connectivity index (χ2v) is 49.8. The number of halogens is 1. The number of nitrogens with zero attached hydrogens (tertiary/aromatic N) is 6. The van der Waals surface area contributed by atoms with Crippen molar-refractivity contribution < 1.29 is 71.9 Å². The summed E-state index contributed by atoms with van der Waals surface area (Å²) in [5.74, 6) is 3.11. The normalized spacial score (nSPS) is 12.1. The first kappa shape index (κ1) is 115. The van der Waals surface area contributed by atoms with E-state index in [4.69, 9.17) is 71.5 Å². The van der Waals surface area contributed by atoms with E-state index in [1.54, 1.807) is 64.7 Å². The zero-order chi connectivity index (χ0) is 97.6. The number of benzene rings is 9. The number of methoxy groups -OCH3 is 5. The van der Waals surface area contributed by atoms with Gasteiger partial charge in [-0.15, -0.1) is 0 Å². The third-order valence-electron chi connectivity index (χ3n) is 24.1. The maximum atomic E-state index is 12.3. The van der Waals surface area contributed by atoms with Crippen molar-refractivity contribution in [3.63, 3.8) is 0 Å². The maximum Gasteiger partial charge on any atom is 1.00 e. The minimum absolute atomic E-state index is 0. The van der Waals surface area contributed by atoms with Gasteiger partial charge in [0.1, 0.15) is 34.0 Å². The predicted octanol–water partition coefficient (Wildman–Crippen LogP) is 14.2. The first-order valence-electron chi connectivity index (χ1n) is 45.9. The van der Waals surface area contributed by atoms with Gasteiger partial charge in [-0.2, -0.15) is 9.97 Å². The van der Waals surface area contributed by atoms with Crippen LogP contribution in [0.1, 0.15) is 207 Å². The van der Waals surface area contributed by atoms with Crippen molar-refractivity contribution in [2.24, 2.45) is 5.73 Å². The van der Waals surface area contributed by atoms with Gasteiger partial charge in [0.25, 0.3) is 25.0 Å². The van der Waals surface area contributed by atoms with Gasteiger partial charge in [0.15, 0.2) is 17.4 Å². The summed E-state index contributed by atoms with van der Waals surface area (Å²) in [5, 5.41) is 24.8. The molecule has 0 amide bonds. The molecule has 0 fully saturated rings. The maximum absolute atomic E-state index is 12.3. The first-order valence-corrected chi connectivity index (χ1v) is 52.0. The van der Waals surface area contributed by atoms with Gasteiger partial charge < -0.3 is 77.1 Å². The fourth-order valence-corrected chi connectivity index (χ4v) is 31.7. The Hall–Kier alpha value is -10.6. The van der Waals surface area contributed by atoms with Crippen molar-refractivity contribution in [3.8, 4) is 17.2 Å². The van der Waals surface area contributed by atoms with Crippen molar-refractivity contribution >= 4 is 126 Å². The van der Waals surface area contributed by atoms with Crippen LogP contribution in [0.2, 0.25) is 20.3 Å². The number of nitrogens with one attached hydrogen (secondary N) is 2. The standard InChI is InChI=1S/C36H46N4O4Si.C35H46N4O3Si.C21H31NOSi.C15H16ClN3O3.CH4.Al.Li.4H/c1-8-15-28(24-44-45(36(3,4)5,29-16-11-9-12-17-29)30-18-13-10-14-19-30)39-33-31(25(2)38-35(37)40-33)23-27-22-26(34(41)43-7)20-21-32(27)42-6;1-7-14-28(24-42-43(35(3,4)5,29-15-10-8-11-16-29)30-17-12-9-13-18-30)38-33-31(25(2)37-34(36)39-33)22-27-21-26(23-40)19-20-32(27)41-6;1-5-12-18(22)17-23-24(21(2,3)4,19-13-8-6-9-14-19)20-15-10-7-11-16-20;1-8-11(13(16)19-15(17)18-8)7-10-6-9(14(20)22-3)4-5-12(10)21-2;;;;;;;/h9-14,16-22,28H,8,15,23-24H2,1-7H3,(H3,37,38,39,40);8-13,15-21,28,40H,7,14,22-24H2,1-6H3,(H3,36,37,38,39);6-11,13-16,18H,5,12,17,22H2,1-4H3;4-6H,7H2,1-3H3,(H2,17,18,19);1H4;;;;;;/q;;;;;;+1;;;;-1/t2*28-;18-;;;;;;;;/m000......../s1. The number of hydrogen-bond acceptors (Lipinski definition) is 23. The van der Waals surface area contributed by atoms with E-state index in [1.165, 1.54) is 45.3 Å². The van der Waals surface area contributed by atoms with Gasteiger partial charge >= 0.3 is 30.8 Å². The van der Waals surface area contributed by atoms with Crippen LogP contribution in [0.4, 0.5) is 29.5 Å². The number of hydrogen-bond donors (Lipinski definition) is 7. The van der Waals surface area contributed by atoms with E-state index in [9.17, 15) is 14.7 Å². The minimum Gasteiger partial charge on any atom is -1.00 e. The molecule has 0 spiro atoms. The molecule has 11 N–H and O–H groups in total. The third kappa shape index (κ3) is 29.5. The number of aliphatic hydroxyl groups is 1. The quantitative estimate of drug-likeness (QED) is 0.0108. The van der Waals surface area contributed by atoms with Crippen molar-refractivity contribution in [2.75, 3.05) is 83.2 Å². The van der Waals surface area contributed by atoms with Gasteiger partial charge in [-0.1, -0.05) is 309 Å². The Kier molecular flexibility index (Phi) is 45.5. The van der Waals surface area contributed by atoms with Crippen LogP contribution in [0, 0.1) is 20.8 Å². The number of carbonyl (C=O) groups excluding carboxylic acids is 2. The van der Waals surface area contributed by atoms with E-state index in [-0.39, 0.29) is 108 Å². The molecule has 0 aliphatic heterocycles. The van der Waals surface area contributed by atoms with E-state index >= 15 is 0 Å². The van der Waals surface area contributed by atoms with Gasteiger partial charge in [-0.05, 0) is 157 Å². The fourth-order valence-electron chi connectivity index (χ4n) is 17.5. The van der Waals surface area contributed by atoms with Gasteiger partial charge in [-0.3, -0.25) is 0 Å². The Morgan fingerprint density at radius 3 is 0.964 bits per heavy atom. The molecule has 728 valence electrons. The minimum atomic E-state index is -2.75. The predicted molar refractivity (Wildman–Crippen MR) is 571 cm³/mol. The molecule has 0 radical (unpaired) electrons. The molecular formula is C108H147AlClLiN12O11Si3. The summed E-state index contributed by atoms with van der Waals surface area (Å²) in [6.45, 7) is 34.4. The molecular weight excluding hydrogens is 1790 g/mol. The van der Waals surface area contributed by atoms with Crippen LogP contribution in [0.25, 0.3) is 0 Å². The Labute approximate surface area is 846 Å². The molecule has 3 heterocycles. The van der Waals surface area contributed by atoms with E-state index in [1.807, 2.05) is 32.0 Å². The van der Waals surface area contributed by atoms with Gasteiger partial charge in [0.2, 0.25) is 17.8 Å². The molecule has 0 saturated carbocycles. The molecule has 0 aliphatic rings. The summed E-state index contributed by atoms with van der Waals surface area (Å²) in [6.07, 6.45) is 7.14. The van der Waals surface area contributed by atoms with Crippen LogP contribution in [0.15, 0.2) is 237 Å². The number of ether oxygens (including phenoxy) is 5. The monoisotopic (exact) mass is 1940 g/mol. The second-order valence-electron chi connectivity index (χ2n) is 36.5. The number of nitrogen functional groups attached to an aromatic ring is 3. The molecule has 12 rings (SSSR count). The Morgan fingerprint density at radius 2 is 0.686 bits per heavy atom. The molecule has 0 saturated heterocycles. The van der Waals surface area contributed by atoms with Gasteiger partial charge in [0, 0.05) is 77.8 Å². The number of aromatic nitrogens is 6. The van der Waals surface area contributed by atoms with Crippen molar-refractivity contribution in [1.29, 1.82) is 0 Å². The third-order valence-corrected chi connectivity index (χ3v) is 39.4. The zero-order valence-electron chi connectivity index (χ0n) is 83.8. The van der Waals surface area contributed by atoms with E-state index in [0.717, 1.165) is 94.6 Å². The number of aliphatic hydroxyl groups excluding tert-OH is 1. The van der Waals surface area contributed by atoms with E-state index in [2.05, 4.69) is 306 Å². The van der Waals surface area contributed by atoms with Gasteiger partial charge in [-0.25, -0.2) is 29.5 Å². The summed E-state index contributed by atoms with van der Waals surface area (Å²) in [4.78, 5) is 50.4. The molecule has 0 aliphatic carbocycles. The first-order chi connectivity index (χ1) is 64.0. The topological polar surface area (TPSA) is 334 Å². The molecule has 12 aromatic rings. The molecule has 23 nitrogen and oxygen atoms in total. The average molecular weight is 1940 g/mol. The van der Waals surface area contributed by atoms with E-state index < -0.39 is 36.9 Å². The average Bonchev–Trinajstić information content (AvgIpc) is 0.752. The molecule has 0 unspecified atom stereocenters. The summed E-state index contributed by atoms with van der Waals surface area (Å²) >= 11 is 6.15. The number of carbonyl (C=O) groups is 2. The number of rotatable bonds is 37. The smallest absolute Gasteiger partial charge is 1.00 e. The molecule has 137 heavy (non-hydrogen) atoms. The SMILES string of the molecule is C.CCC[C@@H](CO[Si](c1ccccc1)(c1ccccc1)C(C)(C)C)Nc1nc(N)nc(C)c1Cc1cc(C(=O)OC)ccc1OC.CCC[C@@H](CO[Si](c1ccccc1)(c1ccccc1)C(C)(C)C)Nc1nc(N)nc(C)c1Cc1cc(CO)ccc1OC.CCC[C@H](N)CO[Si](c1ccccc1)(c1ccccc1)C(C)(C)C.COC(=O)c1ccc(OC)c(Cc2c(C)nc(N)nc2Cl)c1.[AlH3].[H-].[Li+]. The summed E-state index contributed by atoms with van der Waals surface area (Å²) in [7, 11) is -0.350. The Bertz CT molecular complexity index is 5610. The number of esters is 2. The van der Waals surface area contributed by atoms with Crippen molar-refractivity contribution in [1.82, 2.24) is 29.9 Å². The second kappa shape index (κ2) is 54.1. The van der Waals surface area contributed by atoms with Crippen LogP contribution in [0.3, 0.4) is 0 Å². The number of anilines is 5. The Balaban J connectivity index is 0.000000336. The zero-order valence-corrected chi connectivity index (χ0v) is 86.6. The van der Waals surface area contributed by atoms with Crippen LogP contribution >= 0.6 is 11.6 Å². The van der Waals surface area contributed by atoms with Crippen molar-refractivity contribution in [3.05, 3.63) is 309 Å². The van der Waals surface area contributed by atoms with Gasteiger partial charge in [0.05, 0.1) is 66.5 Å².